The number of fused-ring (bicyclic) bond motifs is 1. The van der Waals surface area contributed by atoms with Gasteiger partial charge in [0.15, 0.2) is 11.2 Å². The van der Waals surface area contributed by atoms with E-state index < -0.39 is 16.1 Å². The summed E-state index contributed by atoms with van der Waals surface area (Å²) >= 11 is 1.24. The van der Waals surface area contributed by atoms with Crippen LogP contribution in [-0.2, 0) is 14.8 Å². The number of sulfonamides is 1. The predicted octanol–water partition coefficient (Wildman–Crippen LogP) is 4.51. The minimum Gasteiger partial charge on any atom is -0.481 e. The van der Waals surface area contributed by atoms with E-state index in [1.54, 1.807) is 37.3 Å². The van der Waals surface area contributed by atoms with Crippen molar-refractivity contribution in [2.24, 2.45) is 0 Å². The maximum Gasteiger partial charge on any atom is 0.266 e. The van der Waals surface area contributed by atoms with Gasteiger partial charge in [-0.25, -0.2) is 13.4 Å². The zero-order valence-corrected chi connectivity index (χ0v) is 19.5. The number of para-hydroxylation sites is 1. The number of carbonyl (C=O) groups is 1. The standard InChI is InChI=1S/C22H27N3O4S2/c1-4-13-25(14-5-2)31(27,28)18-11-12-19-20(15-18)30-22(23-19)24-21(26)16(3)29-17-9-7-6-8-10-17/h6-12,15-16H,4-5,13-14H2,1-3H3,(H,23,24,26). The first kappa shape index (κ1) is 23.2. The Kier molecular flexibility index (Phi) is 7.64. The summed E-state index contributed by atoms with van der Waals surface area (Å²) in [5.41, 5.74) is 0.633. The maximum absolute atomic E-state index is 13.0. The average molecular weight is 462 g/mol. The molecule has 0 fully saturated rings. The molecule has 0 saturated carbocycles. The fourth-order valence-electron chi connectivity index (χ4n) is 3.08. The first-order valence-electron chi connectivity index (χ1n) is 10.3. The minimum atomic E-state index is -3.57. The van der Waals surface area contributed by atoms with Crippen LogP contribution in [0.15, 0.2) is 53.4 Å². The molecule has 3 aromatic rings. The van der Waals surface area contributed by atoms with E-state index in [-0.39, 0.29) is 10.8 Å². The number of aromatic nitrogens is 1. The number of thiazole rings is 1. The summed E-state index contributed by atoms with van der Waals surface area (Å²) in [4.78, 5) is 17.1. The summed E-state index contributed by atoms with van der Waals surface area (Å²) in [7, 11) is -3.57. The highest BCUT2D eigenvalue weighted by Gasteiger charge is 2.24. The van der Waals surface area contributed by atoms with Gasteiger partial charge >= 0.3 is 0 Å². The van der Waals surface area contributed by atoms with Crippen LogP contribution in [0.4, 0.5) is 5.13 Å². The number of ether oxygens (including phenoxy) is 1. The Balaban J connectivity index is 1.76. The SMILES string of the molecule is CCCN(CCC)S(=O)(=O)c1ccc2nc(NC(=O)C(C)Oc3ccccc3)sc2c1. The topological polar surface area (TPSA) is 88.6 Å². The Morgan fingerprint density at radius 1 is 1.13 bits per heavy atom. The highest BCUT2D eigenvalue weighted by Crippen LogP contribution is 2.29. The van der Waals surface area contributed by atoms with Crippen LogP contribution < -0.4 is 10.1 Å². The van der Waals surface area contributed by atoms with Crippen molar-refractivity contribution < 1.29 is 17.9 Å². The molecule has 3 rings (SSSR count). The van der Waals surface area contributed by atoms with Gasteiger partial charge in [-0.3, -0.25) is 10.1 Å². The second-order valence-electron chi connectivity index (χ2n) is 7.12. The summed E-state index contributed by atoms with van der Waals surface area (Å²) in [5.74, 6) is 0.279. The van der Waals surface area contributed by atoms with E-state index in [2.05, 4.69) is 10.3 Å². The number of amides is 1. The third-order valence-electron chi connectivity index (χ3n) is 4.60. The molecule has 2 aromatic carbocycles. The van der Waals surface area contributed by atoms with Crippen molar-refractivity contribution >= 4 is 42.6 Å². The number of carbonyl (C=O) groups excluding carboxylic acids is 1. The van der Waals surface area contributed by atoms with Crippen LogP contribution in [-0.4, -0.2) is 42.8 Å². The molecule has 0 aliphatic heterocycles. The molecule has 0 spiro atoms. The van der Waals surface area contributed by atoms with Crippen molar-refractivity contribution in [1.29, 1.82) is 0 Å². The monoisotopic (exact) mass is 461 g/mol. The van der Waals surface area contributed by atoms with E-state index in [0.717, 1.165) is 12.8 Å². The molecule has 0 aliphatic rings. The second kappa shape index (κ2) is 10.2. The van der Waals surface area contributed by atoms with Gasteiger partial charge in [0, 0.05) is 13.1 Å². The van der Waals surface area contributed by atoms with Crippen molar-refractivity contribution in [2.45, 2.75) is 44.6 Å². The van der Waals surface area contributed by atoms with Gasteiger partial charge in [0.2, 0.25) is 10.0 Å². The first-order valence-corrected chi connectivity index (χ1v) is 12.5. The summed E-state index contributed by atoms with van der Waals surface area (Å²) in [6, 6.07) is 14.0. The fourth-order valence-corrected chi connectivity index (χ4v) is 5.72. The average Bonchev–Trinajstić information content (AvgIpc) is 3.15. The van der Waals surface area contributed by atoms with Crippen molar-refractivity contribution in [3.63, 3.8) is 0 Å². The van der Waals surface area contributed by atoms with E-state index in [9.17, 15) is 13.2 Å². The van der Waals surface area contributed by atoms with Gasteiger partial charge in [0.1, 0.15) is 5.75 Å². The van der Waals surface area contributed by atoms with Crippen LogP contribution in [0.2, 0.25) is 0 Å². The molecule has 7 nitrogen and oxygen atoms in total. The number of nitrogens with one attached hydrogen (secondary N) is 1. The number of anilines is 1. The summed E-state index contributed by atoms with van der Waals surface area (Å²) in [6.45, 7) is 6.55. The van der Waals surface area contributed by atoms with Crippen LogP contribution in [0, 0.1) is 0 Å². The van der Waals surface area contributed by atoms with Crippen LogP contribution in [0.1, 0.15) is 33.6 Å². The quantitative estimate of drug-likeness (QED) is 0.480. The molecule has 0 radical (unpaired) electrons. The molecule has 1 aromatic heterocycles. The predicted molar refractivity (Wildman–Crippen MR) is 124 cm³/mol. The third-order valence-corrected chi connectivity index (χ3v) is 7.43. The van der Waals surface area contributed by atoms with Crippen molar-refractivity contribution in [3.05, 3.63) is 48.5 Å². The van der Waals surface area contributed by atoms with E-state index in [1.807, 2.05) is 32.0 Å². The molecule has 9 heteroatoms. The molecule has 1 N–H and O–H groups in total. The largest absolute Gasteiger partial charge is 0.481 e. The highest BCUT2D eigenvalue weighted by molar-refractivity contribution is 7.89. The number of hydrogen-bond donors (Lipinski definition) is 1. The zero-order valence-electron chi connectivity index (χ0n) is 17.9. The minimum absolute atomic E-state index is 0.240. The number of hydrogen-bond acceptors (Lipinski definition) is 6. The Morgan fingerprint density at radius 2 is 1.81 bits per heavy atom. The Hall–Kier alpha value is -2.49. The van der Waals surface area contributed by atoms with Gasteiger partial charge in [-0.2, -0.15) is 4.31 Å². The van der Waals surface area contributed by atoms with Gasteiger partial charge in [-0.1, -0.05) is 43.4 Å². The molecule has 1 atom stereocenters. The van der Waals surface area contributed by atoms with E-state index in [4.69, 9.17) is 4.74 Å². The Morgan fingerprint density at radius 3 is 2.45 bits per heavy atom. The molecule has 0 saturated heterocycles. The molecule has 166 valence electrons. The molecular formula is C22H27N3O4S2. The summed E-state index contributed by atoms with van der Waals surface area (Å²) < 4.78 is 33.9. The Labute approximate surface area is 187 Å². The maximum atomic E-state index is 13.0. The van der Waals surface area contributed by atoms with Crippen LogP contribution in [0.25, 0.3) is 10.2 Å². The summed E-state index contributed by atoms with van der Waals surface area (Å²) in [6.07, 6.45) is 0.796. The summed E-state index contributed by atoms with van der Waals surface area (Å²) in [5, 5.41) is 3.16. The van der Waals surface area contributed by atoms with Crippen molar-refractivity contribution in [2.75, 3.05) is 18.4 Å². The zero-order chi connectivity index (χ0) is 22.4. The first-order chi connectivity index (χ1) is 14.8. The molecular weight excluding hydrogens is 434 g/mol. The third kappa shape index (κ3) is 5.61. The normalized spacial score (nSPS) is 12.8. The lowest BCUT2D eigenvalue weighted by molar-refractivity contribution is -0.122. The Bertz CT molecular complexity index is 1120. The van der Waals surface area contributed by atoms with Gasteiger partial charge < -0.3 is 4.74 Å². The number of rotatable bonds is 10. The van der Waals surface area contributed by atoms with Gasteiger partial charge in [-0.05, 0) is 50.1 Å². The van der Waals surface area contributed by atoms with Crippen molar-refractivity contribution in [1.82, 2.24) is 9.29 Å². The lowest BCUT2D eigenvalue weighted by Crippen LogP contribution is -2.32. The van der Waals surface area contributed by atoms with Gasteiger partial charge in [0.25, 0.3) is 5.91 Å². The number of nitrogens with zero attached hydrogens (tertiary/aromatic N) is 2. The smallest absolute Gasteiger partial charge is 0.266 e. The van der Waals surface area contributed by atoms with Crippen LogP contribution >= 0.6 is 11.3 Å². The van der Waals surface area contributed by atoms with Crippen LogP contribution in [0.5, 0.6) is 5.75 Å². The molecule has 1 unspecified atom stereocenters. The lowest BCUT2D eigenvalue weighted by atomic mass is 10.3. The molecule has 0 aliphatic carbocycles. The molecule has 1 amide bonds. The lowest BCUT2D eigenvalue weighted by Gasteiger charge is -2.20. The van der Waals surface area contributed by atoms with Gasteiger partial charge in [-0.15, -0.1) is 0 Å². The molecule has 0 bridgehead atoms. The molecule has 31 heavy (non-hydrogen) atoms. The van der Waals surface area contributed by atoms with E-state index >= 15 is 0 Å². The van der Waals surface area contributed by atoms with Crippen molar-refractivity contribution in [3.8, 4) is 5.75 Å². The van der Waals surface area contributed by atoms with Gasteiger partial charge in [0.05, 0.1) is 15.1 Å². The second-order valence-corrected chi connectivity index (χ2v) is 10.1. The van der Waals surface area contributed by atoms with E-state index in [1.165, 1.54) is 15.6 Å². The molecule has 1 heterocycles. The highest BCUT2D eigenvalue weighted by atomic mass is 32.2. The fraction of sp³-hybridized carbons (Fsp3) is 0.364. The van der Waals surface area contributed by atoms with Crippen LogP contribution in [0.3, 0.4) is 0 Å². The number of benzene rings is 2. The van der Waals surface area contributed by atoms with E-state index in [0.29, 0.717) is 34.2 Å².